The minimum absolute atomic E-state index is 0.0857. The number of aryl methyl sites for hydroxylation is 1. The van der Waals surface area contributed by atoms with E-state index in [4.69, 9.17) is 11.6 Å². The summed E-state index contributed by atoms with van der Waals surface area (Å²) in [5, 5.41) is 1.18. The number of aromatic nitrogens is 3. The van der Waals surface area contributed by atoms with Crippen LogP contribution in [0.5, 0.6) is 0 Å². The standard InChI is InChI=1S/C21H18ClFN4OS/c22-17-3-1-4-18-20(17)25-21(29-18)27(11-2-10-26-12-9-24-14-26)19(28)13-15-5-7-16(23)8-6-15/h1,3-9,12,14H,2,10-11,13H2. The monoisotopic (exact) mass is 428 g/mol. The smallest absolute Gasteiger partial charge is 0.233 e. The Bertz CT molecular complexity index is 1110. The number of fused-ring (bicyclic) bond motifs is 1. The number of benzene rings is 2. The summed E-state index contributed by atoms with van der Waals surface area (Å²) in [7, 11) is 0. The maximum atomic E-state index is 13.2. The van der Waals surface area contributed by atoms with E-state index in [-0.39, 0.29) is 18.1 Å². The highest BCUT2D eigenvalue weighted by Crippen LogP contribution is 2.33. The van der Waals surface area contributed by atoms with Gasteiger partial charge in [-0.1, -0.05) is 41.1 Å². The van der Waals surface area contributed by atoms with Crippen molar-refractivity contribution in [2.24, 2.45) is 0 Å². The normalized spacial score (nSPS) is 11.1. The van der Waals surface area contributed by atoms with Crippen LogP contribution in [0.2, 0.25) is 5.02 Å². The minimum atomic E-state index is -0.320. The SMILES string of the molecule is O=C(Cc1ccc(F)cc1)N(CCCn1ccnc1)c1nc2c(Cl)cccc2s1. The van der Waals surface area contributed by atoms with Crippen molar-refractivity contribution < 1.29 is 9.18 Å². The van der Waals surface area contributed by atoms with Gasteiger partial charge in [0.05, 0.1) is 22.5 Å². The molecule has 148 valence electrons. The number of imidazole rings is 1. The van der Waals surface area contributed by atoms with Gasteiger partial charge in [-0.15, -0.1) is 0 Å². The van der Waals surface area contributed by atoms with Crippen LogP contribution in [0.4, 0.5) is 9.52 Å². The molecular formula is C21H18ClFN4OS. The predicted molar refractivity (Wildman–Crippen MR) is 114 cm³/mol. The molecule has 2 aromatic carbocycles. The third-order valence-corrected chi connectivity index (χ3v) is 5.86. The first kappa shape index (κ1) is 19.5. The van der Waals surface area contributed by atoms with E-state index in [1.165, 1.54) is 23.5 Å². The van der Waals surface area contributed by atoms with Crippen LogP contribution in [0, 0.1) is 5.82 Å². The average Bonchev–Trinajstić information content (AvgIpc) is 3.37. The van der Waals surface area contributed by atoms with Crippen molar-refractivity contribution in [1.82, 2.24) is 14.5 Å². The van der Waals surface area contributed by atoms with Crippen LogP contribution < -0.4 is 4.90 Å². The van der Waals surface area contributed by atoms with Gasteiger partial charge >= 0.3 is 0 Å². The Morgan fingerprint density at radius 1 is 1.21 bits per heavy atom. The number of nitrogens with zero attached hydrogens (tertiary/aromatic N) is 4. The molecule has 0 N–H and O–H groups in total. The second-order valence-corrected chi connectivity index (χ2v) is 8.00. The van der Waals surface area contributed by atoms with Crippen molar-refractivity contribution >= 4 is 44.2 Å². The van der Waals surface area contributed by atoms with Gasteiger partial charge < -0.3 is 4.57 Å². The molecule has 1 amide bonds. The number of carbonyl (C=O) groups is 1. The lowest BCUT2D eigenvalue weighted by Crippen LogP contribution is -2.33. The summed E-state index contributed by atoms with van der Waals surface area (Å²) in [6, 6.07) is 11.6. The van der Waals surface area contributed by atoms with Crippen molar-refractivity contribution in [3.63, 3.8) is 0 Å². The van der Waals surface area contributed by atoms with E-state index in [2.05, 4.69) is 9.97 Å². The first-order chi connectivity index (χ1) is 14.1. The molecule has 5 nitrogen and oxygen atoms in total. The van der Waals surface area contributed by atoms with Crippen molar-refractivity contribution in [3.8, 4) is 0 Å². The zero-order chi connectivity index (χ0) is 20.2. The van der Waals surface area contributed by atoms with Crippen LogP contribution in [0.15, 0.2) is 61.2 Å². The van der Waals surface area contributed by atoms with E-state index in [0.29, 0.717) is 22.2 Å². The molecule has 0 saturated carbocycles. The summed E-state index contributed by atoms with van der Waals surface area (Å²) in [6.07, 6.45) is 6.29. The lowest BCUT2D eigenvalue weighted by atomic mass is 10.1. The fourth-order valence-electron chi connectivity index (χ4n) is 3.05. The summed E-state index contributed by atoms with van der Waals surface area (Å²) in [6.45, 7) is 1.25. The Kier molecular flexibility index (Phi) is 5.87. The highest BCUT2D eigenvalue weighted by molar-refractivity contribution is 7.22. The second-order valence-electron chi connectivity index (χ2n) is 6.59. The van der Waals surface area contributed by atoms with Crippen molar-refractivity contribution in [2.75, 3.05) is 11.4 Å². The van der Waals surface area contributed by atoms with Crippen LogP contribution >= 0.6 is 22.9 Å². The molecule has 0 spiro atoms. The van der Waals surface area contributed by atoms with Gasteiger partial charge in [0.2, 0.25) is 5.91 Å². The van der Waals surface area contributed by atoms with E-state index >= 15 is 0 Å². The van der Waals surface area contributed by atoms with E-state index in [9.17, 15) is 9.18 Å². The molecule has 0 bridgehead atoms. The molecule has 2 aromatic heterocycles. The van der Waals surface area contributed by atoms with E-state index in [0.717, 1.165) is 23.2 Å². The van der Waals surface area contributed by atoms with E-state index in [1.54, 1.807) is 35.6 Å². The van der Waals surface area contributed by atoms with Crippen LogP contribution in [0.1, 0.15) is 12.0 Å². The van der Waals surface area contributed by atoms with Gasteiger partial charge in [0.15, 0.2) is 5.13 Å². The van der Waals surface area contributed by atoms with Gasteiger partial charge in [0, 0.05) is 25.5 Å². The number of rotatable bonds is 7. The molecule has 8 heteroatoms. The quantitative estimate of drug-likeness (QED) is 0.418. The summed E-state index contributed by atoms with van der Waals surface area (Å²) in [4.78, 5) is 23.5. The molecule has 0 unspecified atom stereocenters. The van der Waals surface area contributed by atoms with Gasteiger partial charge in [-0.2, -0.15) is 0 Å². The first-order valence-corrected chi connectivity index (χ1v) is 10.4. The number of amides is 1. The minimum Gasteiger partial charge on any atom is -0.337 e. The largest absolute Gasteiger partial charge is 0.337 e. The average molecular weight is 429 g/mol. The predicted octanol–water partition coefficient (Wildman–Crippen LogP) is 4.95. The molecule has 0 aliphatic rings. The number of thiazole rings is 1. The number of anilines is 1. The maximum Gasteiger partial charge on any atom is 0.233 e. The van der Waals surface area contributed by atoms with Gasteiger partial charge in [-0.3, -0.25) is 9.69 Å². The lowest BCUT2D eigenvalue weighted by molar-refractivity contribution is -0.118. The topological polar surface area (TPSA) is 51.0 Å². The molecule has 4 rings (SSSR count). The number of halogens is 2. The second kappa shape index (κ2) is 8.71. The molecular weight excluding hydrogens is 411 g/mol. The van der Waals surface area contributed by atoms with Gasteiger partial charge in [0.1, 0.15) is 11.3 Å². The molecule has 0 aliphatic carbocycles. The molecule has 2 heterocycles. The van der Waals surface area contributed by atoms with E-state index in [1.807, 2.05) is 22.9 Å². The van der Waals surface area contributed by atoms with Crippen molar-refractivity contribution in [2.45, 2.75) is 19.4 Å². The Morgan fingerprint density at radius 2 is 2.03 bits per heavy atom. The van der Waals surface area contributed by atoms with Gasteiger partial charge in [-0.25, -0.2) is 14.4 Å². The van der Waals surface area contributed by atoms with Crippen molar-refractivity contribution in [3.05, 3.63) is 77.6 Å². The molecule has 0 radical (unpaired) electrons. The number of para-hydroxylation sites is 1. The zero-order valence-electron chi connectivity index (χ0n) is 15.5. The number of carbonyl (C=O) groups excluding carboxylic acids is 1. The fourth-order valence-corrected chi connectivity index (χ4v) is 4.36. The van der Waals surface area contributed by atoms with Gasteiger partial charge in [0.25, 0.3) is 0 Å². The highest BCUT2D eigenvalue weighted by atomic mass is 35.5. The zero-order valence-corrected chi connectivity index (χ0v) is 17.0. The molecule has 4 aromatic rings. The fraction of sp³-hybridized carbons (Fsp3) is 0.190. The highest BCUT2D eigenvalue weighted by Gasteiger charge is 2.20. The number of hydrogen-bond donors (Lipinski definition) is 0. The Hall–Kier alpha value is -2.77. The lowest BCUT2D eigenvalue weighted by Gasteiger charge is -2.20. The molecule has 29 heavy (non-hydrogen) atoms. The van der Waals surface area contributed by atoms with E-state index < -0.39 is 0 Å². The van der Waals surface area contributed by atoms with Crippen LogP contribution in [0.25, 0.3) is 10.2 Å². The molecule has 0 atom stereocenters. The van der Waals surface area contributed by atoms with Crippen LogP contribution in [0.3, 0.4) is 0 Å². The third-order valence-electron chi connectivity index (χ3n) is 4.52. The van der Waals surface area contributed by atoms with Gasteiger partial charge in [-0.05, 0) is 36.2 Å². The molecule has 0 saturated heterocycles. The van der Waals surface area contributed by atoms with Crippen LogP contribution in [-0.2, 0) is 17.8 Å². The number of hydrogen-bond acceptors (Lipinski definition) is 4. The van der Waals surface area contributed by atoms with Crippen molar-refractivity contribution in [1.29, 1.82) is 0 Å². The molecule has 0 fully saturated rings. The Morgan fingerprint density at radius 3 is 2.76 bits per heavy atom. The third kappa shape index (κ3) is 4.63. The summed E-state index contributed by atoms with van der Waals surface area (Å²) in [5.41, 5.74) is 1.46. The Labute approximate surface area is 176 Å². The first-order valence-electron chi connectivity index (χ1n) is 9.16. The van der Waals surface area contributed by atoms with Crippen LogP contribution in [-0.4, -0.2) is 27.0 Å². The Balaban J connectivity index is 1.57. The summed E-state index contributed by atoms with van der Waals surface area (Å²) >= 11 is 7.71. The summed E-state index contributed by atoms with van der Waals surface area (Å²) in [5.74, 6) is -0.406. The maximum absolute atomic E-state index is 13.2. The molecule has 0 aliphatic heterocycles. The summed E-state index contributed by atoms with van der Waals surface area (Å²) < 4.78 is 16.1.